The highest BCUT2D eigenvalue weighted by molar-refractivity contribution is 5.90. The van der Waals surface area contributed by atoms with E-state index in [1.54, 1.807) is 13.3 Å². The van der Waals surface area contributed by atoms with Gasteiger partial charge in [0.2, 0.25) is 0 Å². The molecule has 3 amide bonds. The second-order valence-corrected chi connectivity index (χ2v) is 8.94. The molecule has 1 aromatic heterocycles. The number of aryl methyl sites for hydroxylation is 1. The number of nitrogens with one attached hydrogen (secondary N) is 3. The van der Waals surface area contributed by atoms with E-state index in [4.69, 9.17) is 15.2 Å². The van der Waals surface area contributed by atoms with Crippen LogP contribution in [0.1, 0.15) is 43.9 Å². The first kappa shape index (κ1) is 27.7. The van der Waals surface area contributed by atoms with Crippen LogP contribution in [0.15, 0.2) is 47.6 Å². The molecule has 0 spiro atoms. The zero-order valence-corrected chi connectivity index (χ0v) is 21.8. The summed E-state index contributed by atoms with van der Waals surface area (Å²) in [4.78, 5) is 32.9. The van der Waals surface area contributed by atoms with Gasteiger partial charge in [-0.2, -0.15) is 0 Å². The maximum Gasteiger partial charge on any atom is 0.407 e. The number of alkyl carbamates (subject to hydrolysis) is 1. The summed E-state index contributed by atoms with van der Waals surface area (Å²) in [5, 5.41) is 8.52. The van der Waals surface area contributed by atoms with Crippen LogP contribution in [-0.2, 0) is 9.47 Å². The van der Waals surface area contributed by atoms with Crippen molar-refractivity contribution in [3.05, 3.63) is 53.9 Å². The molecule has 1 unspecified atom stereocenters. The van der Waals surface area contributed by atoms with Gasteiger partial charge in [-0.05, 0) is 56.4 Å². The Bertz CT molecular complexity index is 1160. The topological polar surface area (TPSA) is 140 Å². The van der Waals surface area contributed by atoms with Crippen LogP contribution in [0.25, 0.3) is 16.8 Å². The van der Waals surface area contributed by atoms with Gasteiger partial charge in [-0.3, -0.25) is 4.98 Å². The maximum absolute atomic E-state index is 12.4. The average molecular weight is 509 g/mol. The number of methoxy groups -OCH3 is 2. The third-order valence-corrected chi connectivity index (χ3v) is 6.42. The number of hydrogen-bond acceptors (Lipinski definition) is 6. The van der Waals surface area contributed by atoms with Crippen molar-refractivity contribution >= 4 is 29.8 Å². The second kappa shape index (κ2) is 12.9. The number of carbonyl (C=O) groups is 2. The minimum absolute atomic E-state index is 0.0648. The monoisotopic (exact) mass is 508 g/mol. The standard InChI is InChI=1S/C27H36N6O4/c1-5-21(33-26(35)36-3)15-24(31-17-28)20-8-6-7-19(13-20)23-14-22(16-30-18(23)2)32-25(34)29-12-11-27(37-4)9-10-27/h6-8,13-17,21H,5,9-12H2,1-4H3,(H2,28,31)(H,33,35)(H2,29,32,34)/b24-15-. The van der Waals surface area contributed by atoms with Crippen molar-refractivity contribution in [1.82, 2.24) is 15.6 Å². The van der Waals surface area contributed by atoms with E-state index >= 15 is 0 Å². The Morgan fingerprint density at radius 1 is 1.27 bits per heavy atom. The third kappa shape index (κ3) is 7.78. The minimum atomic E-state index is -0.520. The van der Waals surface area contributed by atoms with E-state index in [-0.39, 0.29) is 17.7 Å². The zero-order valence-electron chi connectivity index (χ0n) is 21.8. The fraction of sp³-hybridized carbons (Fsp3) is 0.407. The lowest BCUT2D eigenvalue weighted by molar-refractivity contribution is 0.0736. The first-order valence-electron chi connectivity index (χ1n) is 12.3. The molecule has 3 rings (SSSR count). The van der Waals surface area contributed by atoms with Gasteiger partial charge in [-0.25, -0.2) is 14.6 Å². The van der Waals surface area contributed by atoms with Gasteiger partial charge in [0.05, 0.1) is 42.7 Å². The molecule has 10 nitrogen and oxygen atoms in total. The molecule has 0 aliphatic heterocycles. The van der Waals surface area contributed by atoms with E-state index in [0.29, 0.717) is 24.4 Å². The van der Waals surface area contributed by atoms with Crippen LogP contribution < -0.4 is 21.7 Å². The maximum atomic E-state index is 12.4. The van der Waals surface area contributed by atoms with Gasteiger partial charge in [0.15, 0.2) is 0 Å². The molecule has 1 fully saturated rings. The summed E-state index contributed by atoms with van der Waals surface area (Å²) in [5.41, 5.74) is 10.1. The summed E-state index contributed by atoms with van der Waals surface area (Å²) in [7, 11) is 3.03. The van der Waals surface area contributed by atoms with Gasteiger partial charge >= 0.3 is 12.1 Å². The molecular weight excluding hydrogens is 472 g/mol. The lowest BCUT2D eigenvalue weighted by Crippen LogP contribution is -2.32. The smallest absolute Gasteiger partial charge is 0.407 e. The van der Waals surface area contributed by atoms with Crippen molar-refractivity contribution in [3.8, 4) is 11.1 Å². The van der Waals surface area contributed by atoms with E-state index < -0.39 is 6.09 Å². The zero-order chi connectivity index (χ0) is 26.8. The number of hydrogen-bond donors (Lipinski definition) is 4. The molecule has 1 aliphatic rings. The average Bonchev–Trinajstić information content (AvgIpc) is 3.69. The number of aromatic nitrogens is 1. The number of aliphatic imine (C=N–C) groups is 1. The number of nitrogens with two attached hydrogens (primary N) is 1. The van der Waals surface area contributed by atoms with Gasteiger partial charge < -0.3 is 31.2 Å². The molecule has 0 saturated heterocycles. The summed E-state index contributed by atoms with van der Waals surface area (Å²) in [6.07, 6.45) is 7.67. The van der Waals surface area contributed by atoms with Crippen LogP contribution >= 0.6 is 0 Å². The Hall–Kier alpha value is -3.92. The van der Waals surface area contributed by atoms with Crippen molar-refractivity contribution in [3.63, 3.8) is 0 Å². The number of amides is 3. The van der Waals surface area contributed by atoms with Gasteiger partial charge in [-0.15, -0.1) is 0 Å². The molecular formula is C27H36N6O4. The fourth-order valence-corrected chi connectivity index (χ4v) is 3.97. The molecule has 1 heterocycles. The lowest BCUT2D eigenvalue weighted by atomic mass is 9.99. The molecule has 198 valence electrons. The number of ether oxygens (including phenoxy) is 2. The quantitative estimate of drug-likeness (QED) is 0.265. The van der Waals surface area contributed by atoms with Crippen molar-refractivity contribution in [2.24, 2.45) is 10.7 Å². The highest BCUT2D eigenvalue weighted by Gasteiger charge is 2.42. The predicted octanol–water partition coefficient (Wildman–Crippen LogP) is 4.21. The number of rotatable bonds is 11. The second-order valence-electron chi connectivity index (χ2n) is 8.94. The van der Waals surface area contributed by atoms with Crippen LogP contribution in [0.5, 0.6) is 0 Å². The van der Waals surface area contributed by atoms with Crippen LogP contribution in [0, 0.1) is 6.92 Å². The lowest BCUT2D eigenvalue weighted by Gasteiger charge is -2.15. The molecule has 1 atom stereocenters. The number of carbonyl (C=O) groups excluding carboxylic acids is 2. The molecule has 1 aliphatic carbocycles. The van der Waals surface area contributed by atoms with Gasteiger partial charge in [0.1, 0.15) is 0 Å². The SMILES string of the molecule is CCC(/C=C(\N=CN)c1cccc(-c2cc(NC(=O)NCCC3(OC)CC3)cnc2C)c1)NC(=O)OC. The van der Waals surface area contributed by atoms with E-state index in [0.717, 1.165) is 41.6 Å². The van der Waals surface area contributed by atoms with Gasteiger partial charge in [0, 0.05) is 30.5 Å². The first-order valence-corrected chi connectivity index (χ1v) is 12.3. The molecule has 5 N–H and O–H groups in total. The largest absolute Gasteiger partial charge is 0.453 e. The third-order valence-electron chi connectivity index (χ3n) is 6.42. The number of urea groups is 1. The number of anilines is 1. The highest BCUT2D eigenvalue weighted by Crippen LogP contribution is 2.41. The molecule has 1 aromatic carbocycles. The van der Waals surface area contributed by atoms with Gasteiger partial charge in [-0.1, -0.05) is 25.1 Å². The first-order chi connectivity index (χ1) is 17.8. The van der Waals surface area contributed by atoms with E-state index in [1.807, 2.05) is 50.3 Å². The summed E-state index contributed by atoms with van der Waals surface area (Å²) in [6.45, 7) is 4.39. The summed E-state index contributed by atoms with van der Waals surface area (Å²) in [5.74, 6) is 0. The number of nitrogens with zero attached hydrogens (tertiary/aromatic N) is 2. The fourth-order valence-electron chi connectivity index (χ4n) is 3.97. The Morgan fingerprint density at radius 2 is 2.05 bits per heavy atom. The van der Waals surface area contributed by atoms with Gasteiger partial charge in [0.25, 0.3) is 0 Å². The van der Waals surface area contributed by atoms with Crippen LogP contribution in [0.2, 0.25) is 0 Å². The van der Waals surface area contributed by atoms with Crippen LogP contribution in [0.3, 0.4) is 0 Å². The Labute approximate surface area is 217 Å². The van der Waals surface area contributed by atoms with Crippen LogP contribution in [-0.4, -0.2) is 55.9 Å². The summed E-state index contributed by atoms with van der Waals surface area (Å²) < 4.78 is 10.2. The Kier molecular flexibility index (Phi) is 9.62. The highest BCUT2D eigenvalue weighted by atomic mass is 16.5. The van der Waals surface area contributed by atoms with E-state index in [9.17, 15) is 9.59 Å². The van der Waals surface area contributed by atoms with Crippen molar-refractivity contribution in [2.75, 3.05) is 26.1 Å². The Morgan fingerprint density at radius 3 is 2.70 bits per heavy atom. The molecule has 2 aromatic rings. The Balaban J connectivity index is 1.78. The van der Waals surface area contributed by atoms with E-state index in [1.165, 1.54) is 13.4 Å². The van der Waals surface area contributed by atoms with Crippen LogP contribution in [0.4, 0.5) is 15.3 Å². The molecule has 37 heavy (non-hydrogen) atoms. The molecule has 0 bridgehead atoms. The molecule has 1 saturated carbocycles. The van der Waals surface area contributed by atoms with E-state index in [2.05, 4.69) is 25.9 Å². The molecule has 10 heteroatoms. The van der Waals surface area contributed by atoms with Crippen molar-refractivity contribution in [1.29, 1.82) is 0 Å². The normalized spacial score (nSPS) is 15.2. The minimum Gasteiger partial charge on any atom is -0.453 e. The molecule has 0 radical (unpaired) electrons. The number of benzene rings is 1. The van der Waals surface area contributed by atoms with Crippen molar-refractivity contribution < 1.29 is 19.1 Å². The summed E-state index contributed by atoms with van der Waals surface area (Å²) in [6, 6.07) is 9.07. The predicted molar refractivity (Wildman–Crippen MR) is 145 cm³/mol. The van der Waals surface area contributed by atoms with Crippen molar-refractivity contribution in [2.45, 2.75) is 51.2 Å². The number of pyridine rings is 1. The summed E-state index contributed by atoms with van der Waals surface area (Å²) >= 11 is 0.